The van der Waals surface area contributed by atoms with Gasteiger partial charge in [0.25, 0.3) is 0 Å². The molecule has 10 heavy (non-hydrogen) atoms. The fourth-order valence-electron chi connectivity index (χ4n) is 0.587. The molecule has 0 fully saturated rings. The Bertz CT molecular complexity index is 229. The van der Waals surface area contributed by atoms with Gasteiger partial charge in [-0.15, -0.1) is 23.1 Å². The minimum Gasteiger partial charge on any atom is -0.323 e. The Morgan fingerprint density at radius 3 is 3.00 bits per heavy atom. The number of thiophene rings is 1. The highest BCUT2D eigenvalue weighted by Crippen LogP contribution is 2.23. The third-order valence-electron chi connectivity index (χ3n) is 1.01. The molecule has 0 spiro atoms. The normalized spacial score (nSPS) is 10.9. The van der Waals surface area contributed by atoms with E-state index < -0.39 is 0 Å². The minimum absolute atomic E-state index is 1.10. The molecule has 0 saturated carbocycles. The van der Waals surface area contributed by atoms with Gasteiger partial charge in [0.2, 0.25) is 0 Å². The molecule has 2 N–H and O–H groups in total. The van der Waals surface area contributed by atoms with Gasteiger partial charge in [0, 0.05) is 4.88 Å². The topological polar surface area (TPSA) is 38.4 Å². The Balaban J connectivity index is 2.78. The van der Waals surface area contributed by atoms with Gasteiger partial charge in [0.15, 0.2) is 0 Å². The van der Waals surface area contributed by atoms with Gasteiger partial charge >= 0.3 is 0 Å². The van der Waals surface area contributed by atoms with Crippen LogP contribution in [-0.4, -0.2) is 12.5 Å². The van der Waals surface area contributed by atoms with E-state index in [0.29, 0.717) is 0 Å². The van der Waals surface area contributed by atoms with Gasteiger partial charge in [0.1, 0.15) is 0 Å². The molecule has 0 aliphatic heterocycles. The van der Waals surface area contributed by atoms with Crippen molar-refractivity contribution in [2.45, 2.75) is 4.21 Å². The van der Waals surface area contributed by atoms with E-state index in [1.165, 1.54) is 4.21 Å². The number of thioether (sulfide) groups is 1. The molecule has 0 saturated heterocycles. The van der Waals surface area contributed by atoms with E-state index in [0.717, 1.165) is 4.88 Å². The zero-order valence-electron chi connectivity index (χ0n) is 5.57. The lowest BCUT2D eigenvalue weighted by molar-refractivity contribution is 1.27. The molecule has 0 aliphatic carbocycles. The van der Waals surface area contributed by atoms with E-state index in [1.807, 2.05) is 6.07 Å². The Hall–Kier alpha value is -0.480. The largest absolute Gasteiger partial charge is 0.323 e. The van der Waals surface area contributed by atoms with Crippen molar-refractivity contribution in [3.63, 3.8) is 0 Å². The van der Waals surface area contributed by atoms with Crippen LogP contribution in [0.25, 0.3) is 0 Å². The molecule has 0 amide bonds. The molecular weight excluding hydrogens is 164 g/mol. The fourth-order valence-corrected chi connectivity index (χ4v) is 2.03. The molecule has 1 rings (SSSR count). The van der Waals surface area contributed by atoms with Crippen LogP contribution < -0.4 is 5.84 Å². The molecular formula is C6H8N2S2. The molecule has 0 radical (unpaired) electrons. The lowest BCUT2D eigenvalue weighted by Gasteiger charge is -1.81. The van der Waals surface area contributed by atoms with Crippen LogP contribution in [0.1, 0.15) is 4.88 Å². The van der Waals surface area contributed by atoms with Crippen LogP contribution in [0.4, 0.5) is 0 Å². The highest BCUT2D eigenvalue weighted by Gasteiger charge is 1.93. The van der Waals surface area contributed by atoms with Gasteiger partial charge in [0.05, 0.1) is 10.4 Å². The summed E-state index contributed by atoms with van der Waals surface area (Å²) in [6.07, 6.45) is 3.71. The van der Waals surface area contributed by atoms with Crippen molar-refractivity contribution >= 4 is 29.3 Å². The average molecular weight is 172 g/mol. The summed E-state index contributed by atoms with van der Waals surface area (Å²) in [5, 5.41) is 3.43. The first-order chi connectivity index (χ1) is 4.86. The lowest BCUT2D eigenvalue weighted by atomic mass is 10.5. The monoisotopic (exact) mass is 172 g/mol. The number of nitrogens with two attached hydrogens (primary N) is 1. The van der Waals surface area contributed by atoms with Gasteiger partial charge in [-0.3, -0.25) is 0 Å². The van der Waals surface area contributed by atoms with Crippen molar-refractivity contribution in [1.82, 2.24) is 0 Å². The zero-order chi connectivity index (χ0) is 7.40. The van der Waals surface area contributed by atoms with Crippen molar-refractivity contribution in [1.29, 1.82) is 0 Å². The summed E-state index contributed by atoms with van der Waals surface area (Å²) in [6.45, 7) is 0. The third kappa shape index (κ3) is 1.75. The van der Waals surface area contributed by atoms with Gasteiger partial charge in [-0.2, -0.15) is 5.10 Å². The van der Waals surface area contributed by atoms with Crippen LogP contribution in [0.5, 0.6) is 0 Å². The summed E-state index contributed by atoms with van der Waals surface area (Å²) < 4.78 is 1.29. The van der Waals surface area contributed by atoms with Crippen LogP contribution in [-0.2, 0) is 0 Å². The second kappa shape index (κ2) is 3.63. The number of rotatable bonds is 2. The van der Waals surface area contributed by atoms with E-state index in [9.17, 15) is 0 Å². The molecule has 0 aromatic carbocycles. The molecule has 1 aromatic heterocycles. The van der Waals surface area contributed by atoms with E-state index in [-0.39, 0.29) is 0 Å². The SMILES string of the molecule is CSc1ccc(/C=N/N)s1. The lowest BCUT2D eigenvalue weighted by Crippen LogP contribution is -1.80. The molecule has 1 aromatic rings. The zero-order valence-corrected chi connectivity index (χ0v) is 7.21. The summed E-state index contributed by atoms with van der Waals surface area (Å²) in [4.78, 5) is 1.10. The highest BCUT2D eigenvalue weighted by molar-refractivity contribution is 8.00. The van der Waals surface area contributed by atoms with E-state index in [4.69, 9.17) is 5.84 Å². The Kier molecular flexibility index (Phi) is 2.77. The van der Waals surface area contributed by atoms with E-state index in [2.05, 4.69) is 17.4 Å². The quantitative estimate of drug-likeness (QED) is 0.319. The van der Waals surface area contributed by atoms with Gasteiger partial charge in [-0.25, -0.2) is 0 Å². The molecule has 1 heterocycles. The van der Waals surface area contributed by atoms with E-state index >= 15 is 0 Å². The molecule has 54 valence electrons. The predicted molar refractivity (Wildman–Crippen MR) is 47.9 cm³/mol. The van der Waals surface area contributed by atoms with Crippen molar-refractivity contribution in [3.8, 4) is 0 Å². The van der Waals surface area contributed by atoms with Crippen molar-refractivity contribution < 1.29 is 0 Å². The fraction of sp³-hybridized carbons (Fsp3) is 0.167. The number of hydrazone groups is 1. The first-order valence-electron chi connectivity index (χ1n) is 2.74. The van der Waals surface area contributed by atoms with Crippen LogP contribution in [0, 0.1) is 0 Å². The maximum atomic E-state index is 4.98. The Labute approximate surface area is 68.1 Å². The van der Waals surface area contributed by atoms with Crippen molar-refractivity contribution in [2.75, 3.05) is 6.26 Å². The van der Waals surface area contributed by atoms with Crippen LogP contribution in [0.3, 0.4) is 0 Å². The summed E-state index contributed by atoms with van der Waals surface area (Å²) in [7, 11) is 0. The standard InChI is InChI=1S/C6H8N2S2/c1-9-6-3-2-5(10-6)4-8-7/h2-4H,7H2,1H3/b8-4+. The second-order valence-electron chi connectivity index (χ2n) is 1.64. The van der Waals surface area contributed by atoms with Gasteiger partial charge < -0.3 is 5.84 Å². The van der Waals surface area contributed by atoms with Gasteiger partial charge in [-0.1, -0.05) is 0 Å². The van der Waals surface area contributed by atoms with Crippen LogP contribution in [0.15, 0.2) is 21.4 Å². The summed E-state index contributed by atoms with van der Waals surface area (Å²) >= 11 is 3.42. The van der Waals surface area contributed by atoms with Crippen molar-refractivity contribution in [2.24, 2.45) is 10.9 Å². The number of hydrogen-bond donors (Lipinski definition) is 1. The number of hydrogen-bond acceptors (Lipinski definition) is 4. The summed E-state index contributed by atoms with van der Waals surface area (Å²) in [5.41, 5.74) is 0. The molecule has 2 nitrogen and oxygen atoms in total. The predicted octanol–water partition coefficient (Wildman–Crippen LogP) is 1.76. The smallest absolute Gasteiger partial charge is 0.0638 e. The van der Waals surface area contributed by atoms with Crippen molar-refractivity contribution in [3.05, 3.63) is 17.0 Å². The summed E-state index contributed by atoms with van der Waals surface area (Å²) in [6, 6.07) is 4.07. The molecule has 4 heteroatoms. The molecule has 0 unspecified atom stereocenters. The first kappa shape index (κ1) is 7.63. The molecule has 0 bridgehead atoms. The second-order valence-corrected chi connectivity index (χ2v) is 3.86. The third-order valence-corrected chi connectivity index (χ3v) is 3.11. The molecule has 0 atom stereocenters. The van der Waals surface area contributed by atoms with Crippen LogP contribution in [0.2, 0.25) is 0 Å². The summed E-state index contributed by atoms with van der Waals surface area (Å²) in [5.74, 6) is 4.98. The van der Waals surface area contributed by atoms with E-state index in [1.54, 1.807) is 29.3 Å². The Morgan fingerprint density at radius 1 is 1.70 bits per heavy atom. The Morgan fingerprint density at radius 2 is 2.50 bits per heavy atom. The van der Waals surface area contributed by atoms with Crippen LogP contribution >= 0.6 is 23.1 Å². The highest BCUT2D eigenvalue weighted by atomic mass is 32.2. The average Bonchev–Trinajstić information content (AvgIpc) is 2.37. The van der Waals surface area contributed by atoms with Gasteiger partial charge in [-0.05, 0) is 18.4 Å². The maximum absolute atomic E-state index is 4.98. The first-order valence-corrected chi connectivity index (χ1v) is 4.78. The molecule has 0 aliphatic rings. The number of nitrogens with zero attached hydrogens (tertiary/aromatic N) is 1. The minimum atomic E-state index is 1.10. The maximum Gasteiger partial charge on any atom is 0.0638 e.